The van der Waals surface area contributed by atoms with Crippen LogP contribution in [-0.2, 0) is 12.8 Å². The van der Waals surface area contributed by atoms with Gasteiger partial charge in [0.25, 0.3) is 0 Å². The van der Waals surface area contributed by atoms with E-state index in [1.807, 2.05) is 0 Å². The summed E-state index contributed by atoms with van der Waals surface area (Å²) in [5.74, 6) is 0.290. The quantitative estimate of drug-likeness (QED) is 0.286. The Morgan fingerprint density at radius 1 is 1.03 bits per heavy atom. The van der Waals surface area contributed by atoms with Crippen molar-refractivity contribution in [1.82, 2.24) is 20.4 Å². The maximum Gasteiger partial charge on any atom is 0.190 e. The summed E-state index contributed by atoms with van der Waals surface area (Å²) in [5, 5.41) is 20.4. The summed E-state index contributed by atoms with van der Waals surface area (Å²) in [5.41, 5.74) is 8.64. The molecule has 0 amide bonds. The average Bonchev–Trinajstić information content (AvgIpc) is 3.12. The topological polar surface area (TPSA) is 104 Å². The Morgan fingerprint density at radius 2 is 1.66 bits per heavy atom. The molecule has 4 N–H and O–H groups in total. The van der Waals surface area contributed by atoms with Crippen LogP contribution in [0.5, 0.6) is 0 Å². The second-order valence-electron chi connectivity index (χ2n) is 7.11. The van der Waals surface area contributed by atoms with Crippen molar-refractivity contribution in [2.24, 2.45) is 4.99 Å². The number of aromatic nitrogens is 2. The van der Waals surface area contributed by atoms with Gasteiger partial charge < -0.3 is 16.4 Å². The standard InChI is InChI=1S/C23H25F2N7/c1-28-23(30-14-12-16-4-6-17(24)7-5-16)29-13-2-3-21-20(15-26)22(27)32(31-21)19-10-8-18(25)9-11-19/h4-11H,2-3,12-14,27H2,1H3,(H2,28,29,30). The summed E-state index contributed by atoms with van der Waals surface area (Å²) < 4.78 is 27.6. The van der Waals surface area contributed by atoms with Crippen LogP contribution >= 0.6 is 0 Å². The number of benzene rings is 2. The molecule has 0 aliphatic carbocycles. The molecule has 0 saturated heterocycles. The Hall–Kier alpha value is -3.93. The number of nitrogens with one attached hydrogen (secondary N) is 2. The van der Waals surface area contributed by atoms with E-state index in [0.29, 0.717) is 48.8 Å². The number of hydrogen-bond acceptors (Lipinski definition) is 4. The molecule has 0 radical (unpaired) electrons. The maximum atomic E-state index is 13.2. The van der Waals surface area contributed by atoms with E-state index in [9.17, 15) is 14.0 Å². The zero-order valence-corrected chi connectivity index (χ0v) is 17.8. The number of nitrogen functional groups attached to an aromatic ring is 1. The van der Waals surface area contributed by atoms with Crippen LogP contribution in [-0.4, -0.2) is 35.9 Å². The third kappa shape index (κ3) is 5.82. The van der Waals surface area contributed by atoms with E-state index in [0.717, 1.165) is 12.0 Å². The molecule has 0 aliphatic rings. The smallest absolute Gasteiger partial charge is 0.190 e. The fourth-order valence-corrected chi connectivity index (χ4v) is 3.21. The molecular weight excluding hydrogens is 412 g/mol. The normalized spacial score (nSPS) is 11.2. The minimum absolute atomic E-state index is 0.236. The number of nitrogens with zero attached hydrogens (tertiary/aromatic N) is 4. The third-order valence-electron chi connectivity index (χ3n) is 4.90. The number of halogens is 2. The highest BCUT2D eigenvalue weighted by Crippen LogP contribution is 2.21. The molecular formula is C23H25F2N7. The molecule has 3 rings (SSSR count). The third-order valence-corrected chi connectivity index (χ3v) is 4.90. The number of aliphatic imine (C=N–C) groups is 1. The van der Waals surface area contributed by atoms with Crippen molar-refractivity contribution in [3.05, 3.63) is 77.0 Å². The summed E-state index contributed by atoms with van der Waals surface area (Å²) in [4.78, 5) is 4.19. The number of anilines is 1. The predicted molar refractivity (Wildman–Crippen MR) is 120 cm³/mol. The molecule has 1 aromatic heterocycles. The second-order valence-corrected chi connectivity index (χ2v) is 7.11. The fraction of sp³-hybridized carbons (Fsp3) is 0.261. The van der Waals surface area contributed by atoms with E-state index < -0.39 is 0 Å². The van der Waals surface area contributed by atoms with Gasteiger partial charge in [-0.25, -0.2) is 13.5 Å². The fourth-order valence-electron chi connectivity index (χ4n) is 3.21. The van der Waals surface area contributed by atoms with Gasteiger partial charge in [-0.05, 0) is 61.2 Å². The van der Waals surface area contributed by atoms with Gasteiger partial charge in [-0.15, -0.1) is 0 Å². The highest BCUT2D eigenvalue weighted by Gasteiger charge is 2.16. The van der Waals surface area contributed by atoms with Gasteiger partial charge >= 0.3 is 0 Å². The molecule has 0 saturated carbocycles. The van der Waals surface area contributed by atoms with Crippen LogP contribution in [0.25, 0.3) is 5.69 Å². The number of nitrogens with two attached hydrogens (primary N) is 1. The van der Waals surface area contributed by atoms with Crippen LogP contribution in [0.4, 0.5) is 14.6 Å². The van der Waals surface area contributed by atoms with E-state index in [1.54, 1.807) is 31.3 Å². The predicted octanol–water partition coefficient (Wildman–Crippen LogP) is 2.94. The van der Waals surface area contributed by atoms with Gasteiger partial charge in [0.1, 0.15) is 29.1 Å². The van der Waals surface area contributed by atoms with E-state index >= 15 is 0 Å². The first kappa shape index (κ1) is 22.7. The van der Waals surface area contributed by atoms with Gasteiger partial charge in [0, 0.05) is 20.1 Å². The number of rotatable bonds is 8. The van der Waals surface area contributed by atoms with Crippen molar-refractivity contribution < 1.29 is 8.78 Å². The lowest BCUT2D eigenvalue weighted by Gasteiger charge is -2.11. The van der Waals surface area contributed by atoms with Crippen LogP contribution in [0.3, 0.4) is 0 Å². The molecule has 3 aromatic rings. The number of nitriles is 1. The summed E-state index contributed by atoms with van der Waals surface area (Å²) in [7, 11) is 1.69. The van der Waals surface area contributed by atoms with Crippen molar-refractivity contribution >= 4 is 11.8 Å². The lowest BCUT2D eigenvalue weighted by Crippen LogP contribution is -2.38. The summed E-state index contributed by atoms with van der Waals surface area (Å²) >= 11 is 0. The lowest BCUT2D eigenvalue weighted by molar-refractivity contribution is 0.626. The van der Waals surface area contributed by atoms with Gasteiger partial charge in [0.05, 0.1) is 11.4 Å². The van der Waals surface area contributed by atoms with E-state index in [4.69, 9.17) is 5.73 Å². The monoisotopic (exact) mass is 437 g/mol. The van der Waals surface area contributed by atoms with E-state index in [1.165, 1.54) is 28.9 Å². The molecule has 7 nitrogen and oxygen atoms in total. The molecule has 166 valence electrons. The minimum Gasteiger partial charge on any atom is -0.382 e. The van der Waals surface area contributed by atoms with Gasteiger partial charge in [-0.2, -0.15) is 10.4 Å². The minimum atomic E-state index is -0.356. The average molecular weight is 437 g/mol. The molecule has 9 heteroatoms. The molecule has 2 aromatic carbocycles. The first-order chi connectivity index (χ1) is 15.5. The molecule has 0 spiro atoms. The summed E-state index contributed by atoms with van der Waals surface area (Å²) in [6.45, 7) is 1.27. The van der Waals surface area contributed by atoms with E-state index in [-0.39, 0.29) is 17.5 Å². The SMILES string of the molecule is CN=C(NCCCc1nn(-c2ccc(F)cc2)c(N)c1C#N)NCCc1ccc(F)cc1. The van der Waals surface area contributed by atoms with Gasteiger partial charge in [0.15, 0.2) is 5.96 Å². The van der Waals surface area contributed by atoms with E-state index in [2.05, 4.69) is 26.8 Å². The number of guanidine groups is 1. The zero-order valence-electron chi connectivity index (χ0n) is 17.8. The van der Waals surface area contributed by atoms with Crippen LogP contribution in [0, 0.1) is 23.0 Å². The Balaban J connectivity index is 1.50. The molecule has 0 atom stereocenters. The highest BCUT2D eigenvalue weighted by molar-refractivity contribution is 5.79. The Morgan fingerprint density at radius 3 is 2.28 bits per heavy atom. The van der Waals surface area contributed by atoms with Crippen LogP contribution < -0.4 is 16.4 Å². The van der Waals surface area contributed by atoms with Crippen molar-refractivity contribution in [2.75, 3.05) is 25.9 Å². The van der Waals surface area contributed by atoms with Crippen molar-refractivity contribution in [2.45, 2.75) is 19.3 Å². The van der Waals surface area contributed by atoms with Crippen molar-refractivity contribution in [3.63, 3.8) is 0 Å². The highest BCUT2D eigenvalue weighted by atomic mass is 19.1. The lowest BCUT2D eigenvalue weighted by atomic mass is 10.1. The molecule has 0 fully saturated rings. The van der Waals surface area contributed by atoms with Crippen molar-refractivity contribution in [1.29, 1.82) is 5.26 Å². The molecule has 0 unspecified atom stereocenters. The van der Waals surface area contributed by atoms with Gasteiger partial charge in [-0.3, -0.25) is 4.99 Å². The largest absolute Gasteiger partial charge is 0.382 e. The molecule has 0 bridgehead atoms. The number of hydrogen-bond donors (Lipinski definition) is 3. The van der Waals surface area contributed by atoms with Crippen molar-refractivity contribution in [3.8, 4) is 11.8 Å². The molecule has 1 heterocycles. The summed E-state index contributed by atoms with van der Waals surface area (Å²) in [6, 6.07) is 14.3. The van der Waals surface area contributed by atoms with Crippen LogP contribution in [0.15, 0.2) is 53.5 Å². The Bertz CT molecular complexity index is 1100. The zero-order chi connectivity index (χ0) is 22.9. The van der Waals surface area contributed by atoms with Crippen LogP contribution in [0.2, 0.25) is 0 Å². The van der Waals surface area contributed by atoms with Gasteiger partial charge in [0.2, 0.25) is 0 Å². The molecule has 0 aliphatic heterocycles. The number of aryl methyl sites for hydroxylation is 1. The Labute approximate surface area is 185 Å². The van der Waals surface area contributed by atoms with Gasteiger partial charge in [-0.1, -0.05) is 12.1 Å². The maximum absolute atomic E-state index is 13.2. The molecule has 32 heavy (non-hydrogen) atoms. The van der Waals surface area contributed by atoms with Crippen LogP contribution in [0.1, 0.15) is 23.2 Å². The summed E-state index contributed by atoms with van der Waals surface area (Å²) in [6.07, 6.45) is 1.99. The second kappa shape index (κ2) is 10.9. The first-order valence-corrected chi connectivity index (χ1v) is 10.2. The Kier molecular flexibility index (Phi) is 7.75. The first-order valence-electron chi connectivity index (χ1n) is 10.2.